The number of amides is 1. The van der Waals surface area contributed by atoms with E-state index >= 15 is 0 Å². The normalized spacial score (nSPS) is 21.5. The van der Waals surface area contributed by atoms with Gasteiger partial charge >= 0.3 is 0 Å². The van der Waals surface area contributed by atoms with Crippen LogP contribution in [-0.2, 0) is 4.79 Å². The number of rotatable bonds is 5. The van der Waals surface area contributed by atoms with Crippen molar-refractivity contribution in [2.24, 2.45) is 5.92 Å². The number of fused-ring (bicyclic) bond motifs is 3. The Morgan fingerprint density at radius 3 is 2.77 bits per heavy atom. The maximum Gasteiger partial charge on any atom is 0.288 e. The van der Waals surface area contributed by atoms with E-state index in [9.17, 15) is 14.9 Å². The van der Waals surface area contributed by atoms with Gasteiger partial charge in [0.15, 0.2) is 0 Å². The molecule has 8 heteroatoms. The molecule has 0 spiro atoms. The molecule has 2 N–H and O–H groups in total. The molecule has 4 rings (SSSR count). The van der Waals surface area contributed by atoms with Crippen LogP contribution in [0.3, 0.4) is 0 Å². The first-order valence-electron chi connectivity index (χ1n) is 9.90. The Hall–Kier alpha value is -2.57. The number of carbonyl (C=O) groups excluding carboxylic acids is 1. The van der Waals surface area contributed by atoms with E-state index < -0.39 is 4.92 Å². The van der Waals surface area contributed by atoms with E-state index in [1.165, 1.54) is 6.07 Å². The topological polar surface area (TPSA) is 84.3 Å². The predicted molar refractivity (Wildman–Crippen MR) is 119 cm³/mol. The molecule has 2 aliphatic rings. The maximum atomic E-state index is 12.2. The van der Waals surface area contributed by atoms with E-state index in [-0.39, 0.29) is 34.5 Å². The number of carbonyl (C=O) groups is 1. The summed E-state index contributed by atoms with van der Waals surface area (Å²) in [6, 6.07) is 8.33. The average molecular weight is 446 g/mol. The third kappa shape index (κ3) is 3.66. The Morgan fingerprint density at radius 1 is 1.27 bits per heavy atom. The SMILES string of the molecule is CCCC(=O)Nc1ccc(Cl)c2c1C1C=CCC1C(c1ccc(Cl)c([N+](=O)[O-])c1)N2. The van der Waals surface area contributed by atoms with Crippen LogP contribution in [0.1, 0.15) is 49.3 Å². The Morgan fingerprint density at radius 2 is 2.03 bits per heavy atom. The van der Waals surface area contributed by atoms with Gasteiger partial charge in [-0.3, -0.25) is 14.9 Å². The highest BCUT2D eigenvalue weighted by molar-refractivity contribution is 6.34. The first-order valence-corrected chi connectivity index (χ1v) is 10.7. The number of hydrogen-bond acceptors (Lipinski definition) is 4. The van der Waals surface area contributed by atoms with Crippen molar-refractivity contribution in [1.29, 1.82) is 0 Å². The van der Waals surface area contributed by atoms with Crippen LogP contribution in [0.25, 0.3) is 0 Å². The van der Waals surface area contributed by atoms with Crippen LogP contribution >= 0.6 is 23.2 Å². The molecule has 0 radical (unpaired) electrons. The van der Waals surface area contributed by atoms with Crippen molar-refractivity contribution in [3.05, 3.63) is 73.8 Å². The van der Waals surface area contributed by atoms with Gasteiger partial charge in [0.2, 0.25) is 5.91 Å². The summed E-state index contributed by atoms with van der Waals surface area (Å²) < 4.78 is 0. The average Bonchev–Trinajstić information content (AvgIpc) is 3.19. The zero-order chi connectivity index (χ0) is 21.4. The van der Waals surface area contributed by atoms with E-state index in [1.807, 2.05) is 19.1 Å². The molecule has 3 atom stereocenters. The molecule has 0 saturated carbocycles. The van der Waals surface area contributed by atoms with Crippen LogP contribution in [-0.4, -0.2) is 10.8 Å². The molecule has 1 aliphatic carbocycles. The van der Waals surface area contributed by atoms with Crippen molar-refractivity contribution in [2.75, 3.05) is 10.6 Å². The van der Waals surface area contributed by atoms with Crippen LogP contribution in [0, 0.1) is 16.0 Å². The van der Waals surface area contributed by atoms with Gasteiger partial charge in [0, 0.05) is 29.7 Å². The van der Waals surface area contributed by atoms with Gasteiger partial charge in [-0.1, -0.05) is 48.3 Å². The number of halogens is 2. The first-order chi connectivity index (χ1) is 14.4. The molecule has 0 bridgehead atoms. The van der Waals surface area contributed by atoms with Gasteiger partial charge < -0.3 is 10.6 Å². The predicted octanol–water partition coefficient (Wildman–Crippen LogP) is 6.47. The van der Waals surface area contributed by atoms with Crippen LogP contribution in [0.5, 0.6) is 0 Å². The standard InChI is InChI=1S/C22H21Cl2N3O3/c1-2-4-19(28)25-17-10-9-16(24)22-20(17)13-5-3-6-14(13)21(26-22)12-7-8-15(23)18(11-12)27(29)30/h3,5,7-11,13-14,21,26H,2,4,6H2,1H3,(H,25,28). The summed E-state index contributed by atoms with van der Waals surface area (Å²) in [6.07, 6.45) is 6.28. The molecule has 6 nitrogen and oxygen atoms in total. The lowest BCUT2D eigenvalue weighted by atomic mass is 9.76. The highest BCUT2D eigenvalue weighted by Crippen LogP contribution is 2.54. The number of allylic oxidation sites excluding steroid dienone is 2. The minimum Gasteiger partial charge on any atom is -0.376 e. The lowest BCUT2D eigenvalue weighted by Gasteiger charge is -2.39. The number of nitro groups is 1. The van der Waals surface area contributed by atoms with Gasteiger partial charge in [0.25, 0.3) is 5.69 Å². The minimum absolute atomic E-state index is 0.0315. The Labute approximate surface area is 184 Å². The van der Waals surface area contributed by atoms with Gasteiger partial charge in [-0.15, -0.1) is 0 Å². The monoisotopic (exact) mass is 445 g/mol. The summed E-state index contributed by atoms with van der Waals surface area (Å²) in [6.45, 7) is 1.96. The fourth-order valence-corrected chi connectivity index (χ4v) is 4.82. The Bertz CT molecular complexity index is 1050. The molecule has 156 valence electrons. The zero-order valence-electron chi connectivity index (χ0n) is 16.3. The second kappa shape index (κ2) is 8.28. The van der Waals surface area contributed by atoms with Gasteiger partial charge in [0.1, 0.15) is 5.02 Å². The van der Waals surface area contributed by atoms with Crippen molar-refractivity contribution in [3.63, 3.8) is 0 Å². The van der Waals surface area contributed by atoms with Crippen LogP contribution in [0.4, 0.5) is 17.1 Å². The highest BCUT2D eigenvalue weighted by atomic mass is 35.5. The first kappa shape index (κ1) is 20.7. The van der Waals surface area contributed by atoms with Crippen molar-refractivity contribution < 1.29 is 9.72 Å². The summed E-state index contributed by atoms with van der Waals surface area (Å²) >= 11 is 12.5. The zero-order valence-corrected chi connectivity index (χ0v) is 17.8. The minimum atomic E-state index is -0.471. The lowest BCUT2D eigenvalue weighted by molar-refractivity contribution is -0.384. The fourth-order valence-electron chi connectivity index (χ4n) is 4.42. The summed E-state index contributed by atoms with van der Waals surface area (Å²) in [5.41, 5.74) is 3.14. The summed E-state index contributed by atoms with van der Waals surface area (Å²) in [7, 11) is 0. The second-order valence-corrected chi connectivity index (χ2v) is 8.44. The van der Waals surface area contributed by atoms with Gasteiger partial charge in [0.05, 0.1) is 21.7 Å². The van der Waals surface area contributed by atoms with Crippen molar-refractivity contribution in [1.82, 2.24) is 0 Å². The van der Waals surface area contributed by atoms with Gasteiger partial charge in [-0.25, -0.2) is 0 Å². The number of hydrogen-bond donors (Lipinski definition) is 2. The van der Waals surface area contributed by atoms with E-state index in [0.717, 1.165) is 35.3 Å². The third-order valence-electron chi connectivity index (χ3n) is 5.75. The number of nitrogens with one attached hydrogen (secondary N) is 2. The van der Waals surface area contributed by atoms with Gasteiger partial charge in [-0.05, 0) is 42.5 Å². The third-order valence-corrected chi connectivity index (χ3v) is 6.38. The van der Waals surface area contributed by atoms with Crippen LogP contribution in [0.15, 0.2) is 42.5 Å². The number of benzene rings is 2. The van der Waals surface area contributed by atoms with E-state index in [0.29, 0.717) is 11.4 Å². The largest absolute Gasteiger partial charge is 0.376 e. The highest BCUT2D eigenvalue weighted by Gasteiger charge is 2.40. The fraction of sp³-hybridized carbons (Fsp3) is 0.318. The summed E-state index contributed by atoms with van der Waals surface area (Å²) in [5.74, 6) is 0.145. The summed E-state index contributed by atoms with van der Waals surface area (Å²) in [4.78, 5) is 23.1. The quantitative estimate of drug-likeness (QED) is 0.313. The molecule has 2 aromatic rings. The molecule has 1 heterocycles. The van der Waals surface area contributed by atoms with Crippen LogP contribution in [0.2, 0.25) is 10.0 Å². The molecule has 0 fully saturated rings. The lowest BCUT2D eigenvalue weighted by Crippen LogP contribution is -2.30. The second-order valence-electron chi connectivity index (χ2n) is 7.63. The Kier molecular flexibility index (Phi) is 5.71. The van der Waals surface area contributed by atoms with Crippen molar-refractivity contribution >= 4 is 46.2 Å². The molecule has 2 aromatic carbocycles. The number of anilines is 2. The molecule has 0 aromatic heterocycles. The van der Waals surface area contributed by atoms with Crippen molar-refractivity contribution in [2.45, 2.75) is 38.1 Å². The molecule has 0 saturated heterocycles. The number of nitro benzene ring substituents is 1. The number of nitrogens with zero attached hydrogens (tertiary/aromatic N) is 1. The van der Waals surface area contributed by atoms with E-state index in [2.05, 4.69) is 22.8 Å². The molecule has 30 heavy (non-hydrogen) atoms. The molecular weight excluding hydrogens is 425 g/mol. The smallest absolute Gasteiger partial charge is 0.288 e. The summed E-state index contributed by atoms with van der Waals surface area (Å²) in [5, 5.41) is 18.5. The molecule has 1 aliphatic heterocycles. The Balaban J connectivity index is 1.77. The van der Waals surface area contributed by atoms with E-state index in [1.54, 1.807) is 12.1 Å². The molecule has 3 unspecified atom stereocenters. The molecule has 1 amide bonds. The van der Waals surface area contributed by atoms with E-state index in [4.69, 9.17) is 23.2 Å². The van der Waals surface area contributed by atoms with Gasteiger partial charge in [-0.2, -0.15) is 0 Å². The van der Waals surface area contributed by atoms with Crippen LogP contribution < -0.4 is 10.6 Å². The maximum absolute atomic E-state index is 12.2. The molecular formula is C22H21Cl2N3O3. The van der Waals surface area contributed by atoms with Crippen molar-refractivity contribution in [3.8, 4) is 0 Å².